The molecule has 0 fully saturated rings. The second kappa shape index (κ2) is 2.81. The van der Waals surface area contributed by atoms with E-state index in [9.17, 15) is 4.79 Å². The Labute approximate surface area is 79.2 Å². The largest absolute Gasteiger partial charge is 0.291 e. The molecule has 4 nitrogen and oxygen atoms in total. The summed E-state index contributed by atoms with van der Waals surface area (Å²) in [7, 11) is 0. The van der Waals surface area contributed by atoms with Gasteiger partial charge in [-0.2, -0.15) is 0 Å². The summed E-state index contributed by atoms with van der Waals surface area (Å²) in [6.45, 7) is 1.43. The standard InChI is InChI=1S/C8H6ClN3O/c1-5(13)8-11-10-7-4-2-3-6(9)12(7)8/h2-4H,1H3. The van der Waals surface area contributed by atoms with E-state index >= 15 is 0 Å². The van der Waals surface area contributed by atoms with E-state index in [1.807, 2.05) is 0 Å². The fourth-order valence-corrected chi connectivity index (χ4v) is 1.37. The number of rotatable bonds is 1. The van der Waals surface area contributed by atoms with Crippen molar-refractivity contribution in [2.45, 2.75) is 6.92 Å². The van der Waals surface area contributed by atoms with Gasteiger partial charge >= 0.3 is 0 Å². The predicted octanol–water partition coefficient (Wildman–Crippen LogP) is 1.59. The molecule has 0 saturated heterocycles. The normalized spacial score (nSPS) is 10.6. The number of hydrogen-bond donors (Lipinski definition) is 0. The summed E-state index contributed by atoms with van der Waals surface area (Å²) in [5, 5.41) is 7.98. The van der Waals surface area contributed by atoms with Crippen molar-refractivity contribution >= 4 is 23.0 Å². The minimum atomic E-state index is -0.152. The van der Waals surface area contributed by atoms with Crippen LogP contribution in [0.4, 0.5) is 0 Å². The van der Waals surface area contributed by atoms with Crippen molar-refractivity contribution in [1.82, 2.24) is 14.6 Å². The zero-order valence-corrected chi connectivity index (χ0v) is 7.62. The Morgan fingerprint density at radius 2 is 2.23 bits per heavy atom. The number of carbonyl (C=O) groups is 1. The number of pyridine rings is 1. The summed E-state index contributed by atoms with van der Waals surface area (Å²) < 4.78 is 1.52. The summed E-state index contributed by atoms with van der Waals surface area (Å²) >= 11 is 5.88. The van der Waals surface area contributed by atoms with E-state index in [1.54, 1.807) is 18.2 Å². The molecule has 0 amide bonds. The van der Waals surface area contributed by atoms with Gasteiger partial charge in [0.25, 0.3) is 0 Å². The van der Waals surface area contributed by atoms with Gasteiger partial charge in [0.05, 0.1) is 0 Å². The van der Waals surface area contributed by atoms with Crippen LogP contribution in [0, 0.1) is 0 Å². The summed E-state index contributed by atoms with van der Waals surface area (Å²) in [6, 6.07) is 5.19. The summed E-state index contributed by atoms with van der Waals surface area (Å²) in [4.78, 5) is 11.1. The second-order valence-corrected chi connectivity index (χ2v) is 3.01. The minimum Gasteiger partial charge on any atom is -0.291 e. The molecule has 2 aromatic heterocycles. The number of ketones is 1. The van der Waals surface area contributed by atoms with Crippen molar-refractivity contribution < 1.29 is 4.79 Å². The molecule has 2 heterocycles. The van der Waals surface area contributed by atoms with Gasteiger partial charge in [0.1, 0.15) is 5.15 Å². The number of carbonyl (C=O) groups excluding carboxylic acids is 1. The van der Waals surface area contributed by atoms with Crippen LogP contribution in [0.5, 0.6) is 0 Å². The van der Waals surface area contributed by atoms with Gasteiger partial charge < -0.3 is 0 Å². The maximum atomic E-state index is 11.1. The molecule has 0 aromatic carbocycles. The van der Waals surface area contributed by atoms with Crippen molar-refractivity contribution in [3.63, 3.8) is 0 Å². The fraction of sp³-hybridized carbons (Fsp3) is 0.125. The molecule has 0 aliphatic carbocycles. The lowest BCUT2D eigenvalue weighted by Crippen LogP contribution is -2.01. The topological polar surface area (TPSA) is 47.3 Å². The van der Waals surface area contributed by atoms with Crippen LogP contribution in [-0.4, -0.2) is 20.4 Å². The molecule has 0 aliphatic heterocycles. The first kappa shape index (κ1) is 8.19. The quantitative estimate of drug-likeness (QED) is 0.513. The van der Waals surface area contributed by atoms with E-state index in [0.29, 0.717) is 10.8 Å². The zero-order valence-electron chi connectivity index (χ0n) is 6.86. The van der Waals surface area contributed by atoms with E-state index in [0.717, 1.165) is 0 Å². The van der Waals surface area contributed by atoms with Gasteiger partial charge in [0, 0.05) is 6.92 Å². The van der Waals surface area contributed by atoms with Crippen LogP contribution in [0.2, 0.25) is 5.15 Å². The maximum Gasteiger partial charge on any atom is 0.205 e. The summed E-state index contributed by atoms with van der Waals surface area (Å²) in [5.74, 6) is 0.112. The van der Waals surface area contributed by atoms with Gasteiger partial charge in [0.15, 0.2) is 11.4 Å². The van der Waals surface area contributed by atoms with Crippen LogP contribution >= 0.6 is 11.6 Å². The predicted molar refractivity (Wildman–Crippen MR) is 48.0 cm³/mol. The summed E-state index contributed by atoms with van der Waals surface area (Å²) in [6.07, 6.45) is 0. The van der Waals surface area contributed by atoms with Gasteiger partial charge in [-0.25, -0.2) is 0 Å². The lowest BCUT2D eigenvalue weighted by atomic mass is 10.4. The highest BCUT2D eigenvalue weighted by Crippen LogP contribution is 2.13. The monoisotopic (exact) mass is 195 g/mol. The summed E-state index contributed by atoms with van der Waals surface area (Å²) in [5.41, 5.74) is 0.581. The highest BCUT2D eigenvalue weighted by molar-refractivity contribution is 6.30. The highest BCUT2D eigenvalue weighted by atomic mass is 35.5. The van der Waals surface area contributed by atoms with Crippen LogP contribution in [0.15, 0.2) is 18.2 Å². The number of Topliss-reactive ketones (excluding diaryl/α,β-unsaturated/α-hetero) is 1. The van der Waals surface area contributed by atoms with E-state index < -0.39 is 0 Å². The molecule has 13 heavy (non-hydrogen) atoms. The Kier molecular flexibility index (Phi) is 1.77. The Morgan fingerprint density at radius 1 is 1.46 bits per heavy atom. The van der Waals surface area contributed by atoms with Gasteiger partial charge in [-0.1, -0.05) is 17.7 Å². The second-order valence-electron chi connectivity index (χ2n) is 2.62. The molecule has 0 atom stereocenters. The van der Waals surface area contributed by atoms with Crippen molar-refractivity contribution in [2.24, 2.45) is 0 Å². The molecule has 5 heteroatoms. The molecule has 0 unspecified atom stereocenters. The number of hydrogen-bond acceptors (Lipinski definition) is 3. The maximum absolute atomic E-state index is 11.1. The average molecular weight is 196 g/mol. The average Bonchev–Trinajstić information content (AvgIpc) is 2.49. The van der Waals surface area contributed by atoms with Gasteiger partial charge in [-0.3, -0.25) is 9.20 Å². The first-order valence-corrected chi connectivity index (χ1v) is 4.08. The van der Waals surface area contributed by atoms with Gasteiger partial charge in [0.2, 0.25) is 5.82 Å². The van der Waals surface area contributed by atoms with E-state index in [4.69, 9.17) is 11.6 Å². The zero-order chi connectivity index (χ0) is 9.42. The third kappa shape index (κ3) is 1.19. The van der Waals surface area contributed by atoms with E-state index in [-0.39, 0.29) is 11.6 Å². The van der Waals surface area contributed by atoms with Gasteiger partial charge in [-0.05, 0) is 12.1 Å². The third-order valence-electron chi connectivity index (χ3n) is 1.70. The van der Waals surface area contributed by atoms with Crippen LogP contribution in [0.1, 0.15) is 17.5 Å². The van der Waals surface area contributed by atoms with Crippen molar-refractivity contribution in [1.29, 1.82) is 0 Å². The molecule has 0 saturated carbocycles. The smallest absolute Gasteiger partial charge is 0.205 e. The third-order valence-corrected chi connectivity index (χ3v) is 1.99. The number of nitrogens with zero attached hydrogens (tertiary/aromatic N) is 3. The molecule has 0 bridgehead atoms. The fourth-order valence-electron chi connectivity index (χ4n) is 1.13. The highest BCUT2D eigenvalue weighted by Gasteiger charge is 2.11. The van der Waals surface area contributed by atoms with Crippen LogP contribution in [-0.2, 0) is 0 Å². The Balaban J connectivity index is 2.86. The van der Waals surface area contributed by atoms with Crippen LogP contribution in [0.25, 0.3) is 5.65 Å². The van der Waals surface area contributed by atoms with Crippen molar-refractivity contribution in [3.8, 4) is 0 Å². The molecule has 0 radical (unpaired) electrons. The Bertz CT molecular complexity index is 477. The molecule has 2 aromatic rings. The van der Waals surface area contributed by atoms with Crippen molar-refractivity contribution in [3.05, 3.63) is 29.2 Å². The van der Waals surface area contributed by atoms with E-state index in [1.165, 1.54) is 11.3 Å². The minimum absolute atomic E-state index is 0.152. The Hall–Kier alpha value is -1.42. The molecule has 66 valence electrons. The molecule has 2 rings (SSSR count). The molecule has 0 aliphatic rings. The molecular weight excluding hydrogens is 190 g/mol. The number of fused-ring (bicyclic) bond motifs is 1. The van der Waals surface area contributed by atoms with Crippen molar-refractivity contribution in [2.75, 3.05) is 0 Å². The van der Waals surface area contributed by atoms with Crippen LogP contribution < -0.4 is 0 Å². The Morgan fingerprint density at radius 3 is 2.92 bits per heavy atom. The SMILES string of the molecule is CC(=O)c1nnc2cccc(Cl)n12. The van der Waals surface area contributed by atoms with Crippen LogP contribution in [0.3, 0.4) is 0 Å². The first-order chi connectivity index (χ1) is 6.20. The van der Waals surface area contributed by atoms with E-state index in [2.05, 4.69) is 10.2 Å². The molecule has 0 spiro atoms. The number of aromatic nitrogens is 3. The lowest BCUT2D eigenvalue weighted by molar-refractivity contribution is 0.100. The molecule has 0 N–H and O–H groups in total. The molecular formula is C8H6ClN3O. The first-order valence-electron chi connectivity index (χ1n) is 3.71. The van der Waals surface area contributed by atoms with Gasteiger partial charge in [-0.15, -0.1) is 10.2 Å². The lowest BCUT2D eigenvalue weighted by Gasteiger charge is -1.97. The number of halogens is 1.